The second-order valence-corrected chi connectivity index (χ2v) is 10.2. The quantitative estimate of drug-likeness (QED) is 0.338. The maximum absolute atomic E-state index is 13.6. The predicted octanol–water partition coefficient (Wildman–Crippen LogP) is 3.54. The molecule has 0 saturated carbocycles. The highest BCUT2D eigenvalue weighted by Crippen LogP contribution is 2.34. The second kappa shape index (κ2) is 10.4. The van der Waals surface area contributed by atoms with Crippen LogP contribution in [0.25, 0.3) is 11.7 Å². The highest BCUT2D eigenvalue weighted by Gasteiger charge is 2.32. The topological polar surface area (TPSA) is 61.2 Å². The first-order valence-electron chi connectivity index (χ1n) is 11.7. The van der Waals surface area contributed by atoms with E-state index in [1.165, 1.54) is 11.8 Å². The number of pyridine rings is 1. The number of piperazine rings is 1. The Kier molecular flexibility index (Phi) is 7.51. The van der Waals surface area contributed by atoms with Crippen LogP contribution in [0.15, 0.2) is 28.0 Å². The molecule has 2 saturated heterocycles. The lowest BCUT2D eigenvalue weighted by Gasteiger charge is -2.35. The van der Waals surface area contributed by atoms with Gasteiger partial charge in [-0.1, -0.05) is 56.7 Å². The monoisotopic (exact) mass is 485 g/mol. The summed E-state index contributed by atoms with van der Waals surface area (Å²) in [5.74, 6) is 0.540. The van der Waals surface area contributed by atoms with E-state index in [2.05, 4.69) is 23.6 Å². The van der Waals surface area contributed by atoms with Crippen molar-refractivity contribution < 1.29 is 4.79 Å². The first-order valence-corrected chi connectivity index (χ1v) is 12.9. The van der Waals surface area contributed by atoms with Crippen LogP contribution in [0.2, 0.25) is 0 Å². The van der Waals surface area contributed by atoms with Crippen molar-refractivity contribution in [3.63, 3.8) is 0 Å². The van der Waals surface area contributed by atoms with Crippen molar-refractivity contribution in [3.8, 4) is 0 Å². The zero-order valence-corrected chi connectivity index (χ0v) is 21.2. The van der Waals surface area contributed by atoms with Gasteiger partial charge in [-0.2, -0.15) is 0 Å². The molecule has 7 nitrogen and oxygen atoms in total. The van der Waals surface area contributed by atoms with Crippen LogP contribution < -0.4 is 10.5 Å². The Morgan fingerprint density at radius 2 is 1.91 bits per heavy atom. The zero-order valence-electron chi connectivity index (χ0n) is 19.5. The van der Waals surface area contributed by atoms with E-state index in [0.29, 0.717) is 32.8 Å². The smallest absolute Gasteiger partial charge is 0.267 e. The van der Waals surface area contributed by atoms with Crippen molar-refractivity contribution in [1.82, 2.24) is 19.2 Å². The van der Waals surface area contributed by atoms with Crippen LogP contribution in [0.1, 0.15) is 44.2 Å². The largest absolute Gasteiger partial charge is 0.353 e. The molecule has 2 aromatic heterocycles. The molecule has 0 aliphatic carbocycles. The molecule has 0 radical (unpaired) electrons. The highest BCUT2D eigenvalue weighted by atomic mass is 32.2. The molecule has 0 N–H and O–H groups in total. The van der Waals surface area contributed by atoms with Crippen molar-refractivity contribution >= 4 is 51.7 Å². The number of carbonyl (C=O) groups excluding carboxylic acids is 1. The molecule has 33 heavy (non-hydrogen) atoms. The fourth-order valence-corrected chi connectivity index (χ4v) is 5.58. The summed E-state index contributed by atoms with van der Waals surface area (Å²) in [5.41, 5.74) is 1.89. The Balaban J connectivity index is 1.76. The molecule has 4 heterocycles. The van der Waals surface area contributed by atoms with Gasteiger partial charge in [-0.3, -0.25) is 18.9 Å². The normalized spacial score (nSPS) is 18.8. The predicted molar refractivity (Wildman–Crippen MR) is 140 cm³/mol. The molecule has 0 atom stereocenters. The first-order chi connectivity index (χ1) is 15.9. The fourth-order valence-electron chi connectivity index (χ4n) is 4.29. The van der Waals surface area contributed by atoms with Gasteiger partial charge in [0, 0.05) is 38.9 Å². The van der Waals surface area contributed by atoms with Crippen molar-refractivity contribution in [2.45, 2.75) is 40.0 Å². The second-order valence-electron chi connectivity index (χ2n) is 8.50. The van der Waals surface area contributed by atoms with Gasteiger partial charge >= 0.3 is 0 Å². The molecule has 0 unspecified atom stereocenters. The number of aryl methyl sites for hydroxylation is 1. The number of hydrogen-bond donors (Lipinski definition) is 0. The number of aromatic nitrogens is 2. The molecular weight excluding hydrogens is 454 g/mol. The number of hydrogen-bond acceptors (Lipinski definition) is 7. The minimum atomic E-state index is -0.159. The maximum Gasteiger partial charge on any atom is 0.267 e. The lowest BCUT2D eigenvalue weighted by atomic mass is 10.2. The van der Waals surface area contributed by atoms with Gasteiger partial charge in [0.05, 0.1) is 10.5 Å². The number of thioether (sulfide) groups is 1. The van der Waals surface area contributed by atoms with E-state index in [0.717, 1.165) is 57.5 Å². The third kappa shape index (κ3) is 4.85. The van der Waals surface area contributed by atoms with Crippen LogP contribution in [-0.2, 0) is 4.79 Å². The van der Waals surface area contributed by atoms with E-state index < -0.39 is 0 Å². The van der Waals surface area contributed by atoms with E-state index in [1.54, 1.807) is 21.6 Å². The minimum Gasteiger partial charge on any atom is -0.353 e. The summed E-state index contributed by atoms with van der Waals surface area (Å²) in [7, 11) is 0. The molecule has 9 heteroatoms. The third-order valence-electron chi connectivity index (χ3n) is 6.32. The lowest BCUT2D eigenvalue weighted by Crippen LogP contribution is -2.47. The SMILES string of the molecule is CCCCCN1C(=O)/C(=C/c2c(N3CCN(CC)CC3)nc3c(C)cccn3c2=O)SC1=S. The lowest BCUT2D eigenvalue weighted by molar-refractivity contribution is -0.122. The first kappa shape index (κ1) is 23.9. The van der Waals surface area contributed by atoms with Crippen LogP contribution in [-0.4, -0.2) is 68.7 Å². The summed E-state index contributed by atoms with van der Waals surface area (Å²) in [6, 6.07) is 3.81. The average Bonchev–Trinajstić information content (AvgIpc) is 3.09. The van der Waals surface area contributed by atoms with Crippen LogP contribution >= 0.6 is 24.0 Å². The van der Waals surface area contributed by atoms with Crippen molar-refractivity contribution in [2.75, 3.05) is 44.2 Å². The van der Waals surface area contributed by atoms with Crippen LogP contribution in [0.4, 0.5) is 5.82 Å². The molecule has 1 amide bonds. The van der Waals surface area contributed by atoms with Gasteiger partial charge in [0.15, 0.2) is 0 Å². The molecule has 0 spiro atoms. The number of nitrogens with zero attached hydrogens (tertiary/aromatic N) is 5. The molecule has 2 aliphatic heterocycles. The summed E-state index contributed by atoms with van der Waals surface area (Å²) in [6.07, 6.45) is 6.51. The van der Waals surface area contributed by atoms with Crippen LogP contribution in [0.3, 0.4) is 0 Å². The number of thiocarbonyl (C=S) groups is 1. The average molecular weight is 486 g/mol. The zero-order chi connectivity index (χ0) is 23.5. The Labute approximate surface area is 204 Å². The standard InChI is InChI=1S/C24H31N5O2S2/c1-4-6-7-10-29-23(31)19(33-24(29)32)16-18-21(27-14-12-26(5-2)13-15-27)25-20-17(3)9-8-11-28(20)22(18)30/h8-9,11,16H,4-7,10,12-15H2,1-3H3/b19-16-. The van der Waals surface area contributed by atoms with Gasteiger partial charge in [-0.25, -0.2) is 4.98 Å². The number of likely N-dealkylation sites (N-methyl/N-ethyl adjacent to an activating group) is 1. The summed E-state index contributed by atoms with van der Waals surface area (Å²) in [5, 5.41) is 0. The summed E-state index contributed by atoms with van der Waals surface area (Å²) < 4.78 is 2.14. The third-order valence-corrected chi connectivity index (χ3v) is 7.70. The van der Waals surface area contributed by atoms with Crippen LogP contribution in [0, 0.1) is 6.92 Å². The number of amides is 1. The van der Waals surface area contributed by atoms with Gasteiger partial charge in [0.1, 0.15) is 15.8 Å². The van der Waals surface area contributed by atoms with Crippen molar-refractivity contribution in [2.24, 2.45) is 0 Å². The fraction of sp³-hybridized carbons (Fsp3) is 0.500. The van der Waals surface area contributed by atoms with E-state index in [9.17, 15) is 9.59 Å². The molecule has 176 valence electrons. The molecule has 0 aromatic carbocycles. The van der Waals surface area contributed by atoms with Gasteiger partial charge in [0.25, 0.3) is 11.5 Å². The summed E-state index contributed by atoms with van der Waals surface area (Å²) in [4.78, 5) is 38.4. The maximum atomic E-state index is 13.6. The summed E-state index contributed by atoms with van der Waals surface area (Å²) >= 11 is 6.76. The Bertz CT molecular complexity index is 1150. The van der Waals surface area contributed by atoms with E-state index in [1.807, 2.05) is 19.1 Å². The van der Waals surface area contributed by atoms with Gasteiger partial charge < -0.3 is 9.80 Å². The highest BCUT2D eigenvalue weighted by molar-refractivity contribution is 8.26. The Hall–Kier alpha value is -2.23. The van der Waals surface area contributed by atoms with Gasteiger partial charge in [0.2, 0.25) is 0 Å². The summed E-state index contributed by atoms with van der Waals surface area (Å²) in [6.45, 7) is 11.3. The van der Waals surface area contributed by atoms with Crippen molar-refractivity contribution in [3.05, 3.63) is 44.7 Å². The number of anilines is 1. The van der Waals surface area contributed by atoms with Crippen molar-refractivity contribution in [1.29, 1.82) is 0 Å². The number of carbonyl (C=O) groups is 1. The molecular formula is C24H31N5O2S2. The molecule has 4 rings (SSSR count). The van der Waals surface area contributed by atoms with Gasteiger partial charge in [-0.05, 0) is 37.6 Å². The minimum absolute atomic E-state index is 0.114. The van der Waals surface area contributed by atoms with E-state index in [4.69, 9.17) is 17.2 Å². The molecule has 2 aromatic rings. The number of fused-ring (bicyclic) bond motifs is 1. The van der Waals surface area contributed by atoms with Crippen LogP contribution in [0.5, 0.6) is 0 Å². The van der Waals surface area contributed by atoms with E-state index in [-0.39, 0.29) is 11.5 Å². The molecule has 2 fully saturated rings. The van der Waals surface area contributed by atoms with E-state index >= 15 is 0 Å². The Morgan fingerprint density at radius 1 is 1.15 bits per heavy atom. The van der Waals surface area contributed by atoms with Gasteiger partial charge in [-0.15, -0.1) is 0 Å². The molecule has 0 bridgehead atoms. The Morgan fingerprint density at radius 3 is 2.61 bits per heavy atom. The number of rotatable bonds is 7. The number of unbranched alkanes of at least 4 members (excludes halogenated alkanes) is 2. The molecule has 2 aliphatic rings.